The Bertz CT molecular complexity index is 532. The Kier molecular flexibility index (Phi) is 5.18. The molecule has 100 valence electrons. The van der Waals surface area contributed by atoms with E-state index in [-0.39, 0.29) is 17.4 Å². The van der Waals surface area contributed by atoms with Crippen molar-refractivity contribution < 1.29 is 12.8 Å². The minimum Gasteiger partial charge on any atom is -0.392 e. The highest BCUT2D eigenvalue weighted by atomic mass is 32.2. The van der Waals surface area contributed by atoms with Crippen molar-refractivity contribution in [3.05, 3.63) is 35.6 Å². The Morgan fingerprint density at radius 1 is 1.56 bits per heavy atom. The smallest absolute Gasteiger partial charge is 0.220 e. The van der Waals surface area contributed by atoms with Crippen molar-refractivity contribution in [2.75, 3.05) is 6.54 Å². The van der Waals surface area contributed by atoms with Crippen molar-refractivity contribution in [3.63, 3.8) is 0 Å². The maximum absolute atomic E-state index is 12.9. The van der Waals surface area contributed by atoms with E-state index < -0.39 is 15.3 Å². The van der Waals surface area contributed by atoms with Crippen LogP contribution in [0.25, 0.3) is 0 Å². The molecule has 18 heavy (non-hydrogen) atoms. The molecule has 1 aromatic carbocycles. The molecule has 4 nitrogen and oxygen atoms in total. The molecular formula is C11H15FN2O2S2. The minimum absolute atomic E-state index is 0.0757. The van der Waals surface area contributed by atoms with E-state index in [1.54, 1.807) is 12.1 Å². The van der Waals surface area contributed by atoms with Crippen LogP contribution >= 0.6 is 12.2 Å². The highest BCUT2D eigenvalue weighted by Crippen LogP contribution is 2.04. The molecule has 1 rings (SSSR count). The fourth-order valence-electron chi connectivity index (χ4n) is 1.31. The number of halogens is 1. The number of nitrogens with two attached hydrogens (primary N) is 1. The Labute approximate surface area is 111 Å². The number of hydrogen-bond acceptors (Lipinski definition) is 3. The van der Waals surface area contributed by atoms with Crippen LogP contribution in [-0.4, -0.2) is 25.2 Å². The van der Waals surface area contributed by atoms with Gasteiger partial charge in [-0.15, -0.1) is 0 Å². The van der Waals surface area contributed by atoms with Crippen molar-refractivity contribution in [3.8, 4) is 0 Å². The second kappa shape index (κ2) is 6.21. The lowest BCUT2D eigenvalue weighted by atomic mass is 10.1. The predicted molar refractivity (Wildman–Crippen MR) is 73.3 cm³/mol. The quantitative estimate of drug-likeness (QED) is 0.766. The maximum atomic E-state index is 12.9. The number of benzene rings is 1. The summed E-state index contributed by atoms with van der Waals surface area (Å²) in [5, 5.41) is -0.917. The molecular weight excluding hydrogens is 275 g/mol. The first-order valence-corrected chi connectivity index (χ1v) is 7.30. The van der Waals surface area contributed by atoms with Gasteiger partial charge in [-0.2, -0.15) is 0 Å². The Morgan fingerprint density at radius 2 is 2.22 bits per heavy atom. The van der Waals surface area contributed by atoms with E-state index >= 15 is 0 Å². The third-order valence-corrected chi connectivity index (χ3v) is 4.77. The van der Waals surface area contributed by atoms with Gasteiger partial charge in [0.2, 0.25) is 10.0 Å². The summed E-state index contributed by atoms with van der Waals surface area (Å²) in [6, 6.07) is 6.01. The van der Waals surface area contributed by atoms with Gasteiger partial charge < -0.3 is 5.73 Å². The zero-order valence-electron chi connectivity index (χ0n) is 9.89. The van der Waals surface area contributed by atoms with Crippen LogP contribution in [0.15, 0.2) is 24.3 Å². The van der Waals surface area contributed by atoms with E-state index in [1.165, 1.54) is 19.1 Å². The average molecular weight is 290 g/mol. The fraction of sp³-hybridized carbons (Fsp3) is 0.364. The molecule has 3 N–H and O–H groups in total. The van der Waals surface area contributed by atoms with Gasteiger partial charge in [0.15, 0.2) is 0 Å². The van der Waals surface area contributed by atoms with Crippen LogP contribution in [-0.2, 0) is 16.4 Å². The zero-order chi connectivity index (χ0) is 13.8. The molecule has 0 aliphatic rings. The molecule has 0 aliphatic heterocycles. The summed E-state index contributed by atoms with van der Waals surface area (Å²) in [4.78, 5) is -0.0757. The molecule has 7 heteroatoms. The van der Waals surface area contributed by atoms with Gasteiger partial charge in [0.25, 0.3) is 0 Å². The molecule has 1 unspecified atom stereocenters. The van der Waals surface area contributed by atoms with Gasteiger partial charge in [-0.3, -0.25) is 0 Å². The van der Waals surface area contributed by atoms with Crippen molar-refractivity contribution in [1.29, 1.82) is 0 Å². The van der Waals surface area contributed by atoms with E-state index in [1.807, 2.05) is 0 Å². The van der Waals surface area contributed by atoms with Crippen LogP contribution in [0.5, 0.6) is 0 Å². The third kappa shape index (κ3) is 4.32. The highest BCUT2D eigenvalue weighted by molar-refractivity contribution is 7.93. The number of rotatable bonds is 6. The van der Waals surface area contributed by atoms with Crippen molar-refractivity contribution in [1.82, 2.24) is 4.72 Å². The van der Waals surface area contributed by atoms with Crippen molar-refractivity contribution >= 4 is 27.2 Å². The van der Waals surface area contributed by atoms with Crippen LogP contribution in [0.3, 0.4) is 0 Å². The SMILES string of the molecule is CC(C(N)=S)S(=O)(=O)NCCc1cccc(F)c1. The van der Waals surface area contributed by atoms with Gasteiger partial charge in [0, 0.05) is 6.54 Å². The third-order valence-electron chi connectivity index (χ3n) is 2.47. The lowest BCUT2D eigenvalue weighted by Gasteiger charge is -2.12. The molecule has 0 radical (unpaired) electrons. The Hall–Kier alpha value is -1.05. The van der Waals surface area contributed by atoms with E-state index in [9.17, 15) is 12.8 Å². The first kappa shape index (κ1) is 15.0. The largest absolute Gasteiger partial charge is 0.392 e. The van der Waals surface area contributed by atoms with Gasteiger partial charge in [0.1, 0.15) is 11.1 Å². The molecule has 0 saturated heterocycles. The van der Waals surface area contributed by atoms with Crippen LogP contribution in [0.4, 0.5) is 4.39 Å². The van der Waals surface area contributed by atoms with E-state index in [2.05, 4.69) is 16.9 Å². The molecule has 0 amide bonds. The first-order valence-electron chi connectivity index (χ1n) is 5.35. The van der Waals surface area contributed by atoms with Gasteiger partial charge >= 0.3 is 0 Å². The summed E-state index contributed by atoms with van der Waals surface area (Å²) in [7, 11) is -3.55. The summed E-state index contributed by atoms with van der Waals surface area (Å²) in [6.45, 7) is 1.60. The topological polar surface area (TPSA) is 72.2 Å². The average Bonchev–Trinajstić information content (AvgIpc) is 2.27. The number of thiocarbonyl (C=S) groups is 1. The second-order valence-electron chi connectivity index (χ2n) is 3.86. The van der Waals surface area contributed by atoms with Gasteiger partial charge in [0.05, 0.1) is 4.99 Å². The van der Waals surface area contributed by atoms with E-state index in [4.69, 9.17) is 5.73 Å². The molecule has 0 spiro atoms. The summed E-state index contributed by atoms with van der Waals surface area (Å²) in [6.07, 6.45) is 0.404. The lowest BCUT2D eigenvalue weighted by Crippen LogP contribution is -2.40. The molecule has 0 saturated carbocycles. The number of hydrogen-bond donors (Lipinski definition) is 2. The zero-order valence-corrected chi connectivity index (χ0v) is 11.5. The molecule has 0 bridgehead atoms. The van der Waals surface area contributed by atoms with Gasteiger partial charge in [-0.25, -0.2) is 17.5 Å². The monoisotopic (exact) mass is 290 g/mol. The van der Waals surface area contributed by atoms with Crippen LogP contribution in [0.1, 0.15) is 12.5 Å². The van der Waals surface area contributed by atoms with E-state index in [0.29, 0.717) is 6.42 Å². The van der Waals surface area contributed by atoms with E-state index in [0.717, 1.165) is 5.56 Å². The number of sulfonamides is 1. The van der Waals surface area contributed by atoms with Crippen LogP contribution in [0, 0.1) is 5.82 Å². The summed E-state index contributed by atoms with van der Waals surface area (Å²) in [5.41, 5.74) is 6.01. The molecule has 0 aliphatic carbocycles. The number of nitrogens with one attached hydrogen (secondary N) is 1. The van der Waals surface area contributed by atoms with Crippen molar-refractivity contribution in [2.24, 2.45) is 5.73 Å². The predicted octanol–water partition coefficient (Wildman–Crippen LogP) is 0.962. The van der Waals surface area contributed by atoms with Crippen LogP contribution in [0.2, 0.25) is 0 Å². The normalized spacial score (nSPS) is 13.2. The van der Waals surface area contributed by atoms with Crippen LogP contribution < -0.4 is 10.5 Å². The lowest BCUT2D eigenvalue weighted by molar-refractivity contribution is 0.578. The standard InChI is InChI=1S/C11H15FN2O2S2/c1-8(11(13)17)18(15,16)14-6-5-9-3-2-4-10(12)7-9/h2-4,7-8,14H,5-6H2,1H3,(H2,13,17). The molecule has 1 aromatic rings. The van der Waals surface area contributed by atoms with Gasteiger partial charge in [-0.05, 0) is 31.0 Å². The summed E-state index contributed by atoms with van der Waals surface area (Å²) in [5.74, 6) is -0.341. The maximum Gasteiger partial charge on any atom is 0.220 e. The fourth-order valence-corrected chi connectivity index (χ4v) is 2.63. The van der Waals surface area contributed by atoms with Crippen molar-refractivity contribution in [2.45, 2.75) is 18.6 Å². The molecule has 0 fully saturated rings. The highest BCUT2D eigenvalue weighted by Gasteiger charge is 2.22. The summed E-state index contributed by atoms with van der Waals surface area (Å²) < 4.78 is 38.6. The second-order valence-corrected chi connectivity index (χ2v) is 6.42. The Balaban J connectivity index is 2.54. The first-order chi connectivity index (χ1) is 8.33. The molecule has 0 heterocycles. The molecule has 1 atom stereocenters. The summed E-state index contributed by atoms with van der Waals surface area (Å²) >= 11 is 4.64. The van der Waals surface area contributed by atoms with Gasteiger partial charge in [-0.1, -0.05) is 24.4 Å². The minimum atomic E-state index is -3.55. The Morgan fingerprint density at radius 3 is 2.78 bits per heavy atom. The molecule has 0 aromatic heterocycles.